The Bertz CT molecular complexity index is 545. The molecule has 0 aliphatic carbocycles. The molecule has 0 saturated carbocycles. The summed E-state index contributed by atoms with van der Waals surface area (Å²) in [6.45, 7) is 2.05. The first-order chi connectivity index (χ1) is 8.98. The summed E-state index contributed by atoms with van der Waals surface area (Å²) in [6.07, 6.45) is 3.25. The Hall–Kier alpha value is -1.37. The topological polar surface area (TPSA) is 98.0 Å². The normalized spacial score (nSPS) is 22.1. The molecule has 3 N–H and O–H groups in total. The predicted octanol–water partition coefficient (Wildman–Crippen LogP) is 1.00. The monoisotopic (exact) mass is 284 g/mol. The minimum Gasteiger partial charge on any atom is -0.384 e. The van der Waals surface area contributed by atoms with E-state index in [1.807, 2.05) is 6.92 Å². The van der Waals surface area contributed by atoms with Crippen molar-refractivity contribution in [3.05, 3.63) is 11.9 Å². The van der Waals surface area contributed by atoms with Gasteiger partial charge in [0.25, 0.3) is 0 Å². The Morgan fingerprint density at radius 1 is 1.47 bits per heavy atom. The summed E-state index contributed by atoms with van der Waals surface area (Å²) < 4.78 is 23.2. The fourth-order valence-electron chi connectivity index (χ4n) is 2.27. The average Bonchev–Trinajstić information content (AvgIpc) is 2.26. The molecule has 1 atom stereocenters. The molecule has 1 aliphatic heterocycles. The van der Waals surface area contributed by atoms with Crippen LogP contribution in [0.3, 0.4) is 0 Å². The summed E-state index contributed by atoms with van der Waals surface area (Å²) in [7, 11) is -2.92. The van der Waals surface area contributed by atoms with Crippen molar-refractivity contribution in [2.24, 2.45) is 0 Å². The third kappa shape index (κ3) is 4.05. The second-order valence-electron chi connectivity index (χ2n) is 4.94. The highest BCUT2D eigenvalue weighted by Crippen LogP contribution is 2.17. The molecular formula is C12H20N4O2S. The lowest BCUT2D eigenvalue weighted by molar-refractivity contribution is 0.561. The quantitative estimate of drug-likeness (QED) is 0.856. The highest BCUT2D eigenvalue weighted by molar-refractivity contribution is 7.91. The van der Waals surface area contributed by atoms with Crippen LogP contribution >= 0.6 is 0 Å². The number of sulfone groups is 1. The van der Waals surface area contributed by atoms with Crippen LogP contribution in [0.15, 0.2) is 6.07 Å². The smallest absolute Gasteiger partial charge is 0.152 e. The lowest BCUT2D eigenvalue weighted by Crippen LogP contribution is -2.35. The molecule has 2 rings (SSSR count). The summed E-state index contributed by atoms with van der Waals surface area (Å²) in [5.74, 6) is 2.19. The minimum atomic E-state index is -2.92. The number of nitrogen functional groups attached to an aromatic ring is 1. The molecule has 1 aromatic rings. The largest absolute Gasteiger partial charge is 0.384 e. The molecule has 106 valence electrons. The summed E-state index contributed by atoms with van der Waals surface area (Å²) in [5, 5.41) is 3.17. The third-order valence-corrected chi connectivity index (χ3v) is 4.90. The van der Waals surface area contributed by atoms with Crippen molar-refractivity contribution in [2.75, 3.05) is 22.6 Å². The van der Waals surface area contributed by atoms with E-state index in [1.54, 1.807) is 6.07 Å². The van der Waals surface area contributed by atoms with Crippen molar-refractivity contribution in [1.82, 2.24) is 9.97 Å². The van der Waals surface area contributed by atoms with Gasteiger partial charge in [-0.05, 0) is 19.3 Å². The molecule has 0 radical (unpaired) electrons. The van der Waals surface area contributed by atoms with Crippen molar-refractivity contribution in [2.45, 2.75) is 38.6 Å². The molecule has 7 heteroatoms. The first-order valence-electron chi connectivity index (χ1n) is 6.59. The first kappa shape index (κ1) is 14.0. The molecule has 0 spiro atoms. The number of aryl methyl sites for hydroxylation is 1. The van der Waals surface area contributed by atoms with Gasteiger partial charge in [0.15, 0.2) is 9.84 Å². The van der Waals surface area contributed by atoms with Crippen molar-refractivity contribution >= 4 is 21.5 Å². The van der Waals surface area contributed by atoms with Gasteiger partial charge < -0.3 is 11.1 Å². The van der Waals surface area contributed by atoms with E-state index < -0.39 is 9.84 Å². The van der Waals surface area contributed by atoms with E-state index >= 15 is 0 Å². The number of rotatable bonds is 4. The molecule has 2 heterocycles. The second-order valence-corrected chi connectivity index (χ2v) is 7.17. The number of anilines is 2. The number of hydrogen-bond donors (Lipinski definition) is 2. The average molecular weight is 284 g/mol. The van der Waals surface area contributed by atoms with E-state index in [9.17, 15) is 8.42 Å². The van der Waals surface area contributed by atoms with Crippen LogP contribution in [0.25, 0.3) is 0 Å². The van der Waals surface area contributed by atoms with Gasteiger partial charge >= 0.3 is 0 Å². The number of aromatic nitrogens is 2. The highest BCUT2D eigenvalue weighted by Gasteiger charge is 2.24. The van der Waals surface area contributed by atoms with E-state index in [-0.39, 0.29) is 17.5 Å². The number of nitrogens with two attached hydrogens (primary N) is 1. The van der Waals surface area contributed by atoms with E-state index in [0.717, 1.165) is 19.3 Å². The molecule has 19 heavy (non-hydrogen) atoms. The van der Waals surface area contributed by atoms with Crippen LogP contribution in [0.5, 0.6) is 0 Å². The Morgan fingerprint density at radius 2 is 2.26 bits per heavy atom. The summed E-state index contributed by atoms with van der Waals surface area (Å²) >= 11 is 0. The van der Waals surface area contributed by atoms with E-state index in [1.165, 1.54) is 0 Å². The summed E-state index contributed by atoms with van der Waals surface area (Å²) in [6, 6.07) is 1.57. The third-order valence-electron chi connectivity index (χ3n) is 3.08. The summed E-state index contributed by atoms with van der Waals surface area (Å²) in [5.41, 5.74) is 5.74. The molecule has 1 saturated heterocycles. The lowest BCUT2D eigenvalue weighted by Gasteiger charge is -2.23. The molecule has 0 bridgehead atoms. The van der Waals surface area contributed by atoms with Gasteiger partial charge in [-0.15, -0.1) is 0 Å². The van der Waals surface area contributed by atoms with Crippen LogP contribution in [-0.4, -0.2) is 35.9 Å². The Kier molecular flexibility index (Phi) is 4.24. The fraction of sp³-hybridized carbons (Fsp3) is 0.667. The van der Waals surface area contributed by atoms with Crippen molar-refractivity contribution in [1.29, 1.82) is 0 Å². The van der Waals surface area contributed by atoms with Gasteiger partial charge in [0.05, 0.1) is 11.5 Å². The van der Waals surface area contributed by atoms with Gasteiger partial charge in [0, 0.05) is 18.5 Å². The lowest BCUT2D eigenvalue weighted by atomic mass is 10.2. The molecule has 6 nitrogen and oxygen atoms in total. The number of hydrogen-bond acceptors (Lipinski definition) is 6. The number of nitrogens with zero attached hydrogens (tertiary/aromatic N) is 2. The van der Waals surface area contributed by atoms with Gasteiger partial charge in [-0.25, -0.2) is 18.4 Å². The van der Waals surface area contributed by atoms with Gasteiger partial charge in [-0.1, -0.05) is 6.92 Å². The standard InChI is InChI=1S/C12H20N4O2S/c1-2-4-11-15-10(13)7-12(16-11)14-9-5-3-6-19(17,18)8-9/h7,9H,2-6,8H2,1H3,(H3,13,14,15,16). The summed E-state index contributed by atoms with van der Waals surface area (Å²) in [4.78, 5) is 8.52. The fourth-order valence-corrected chi connectivity index (χ4v) is 3.91. The van der Waals surface area contributed by atoms with E-state index in [2.05, 4.69) is 15.3 Å². The number of nitrogens with one attached hydrogen (secondary N) is 1. The maximum atomic E-state index is 11.6. The van der Waals surface area contributed by atoms with Gasteiger partial charge in [0.1, 0.15) is 17.5 Å². The SMILES string of the molecule is CCCc1nc(N)cc(NC2CCCS(=O)(=O)C2)n1. The van der Waals surface area contributed by atoms with Crippen molar-refractivity contribution in [3.63, 3.8) is 0 Å². The highest BCUT2D eigenvalue weighted by atomic mass is 32.2. The molecule has 1 aliphatic rings. The zero-order valence-electron chi connectivity index (χ0n) is 11.1. The second kappa shape index (κ2) is 5.73. The van der Waals surface area contributed by atoms with E-state index in [4.69, 9.17) is 5.73 Å². The van der Waals surface area contributed by atoms with Crippen LogP contribution in [0, 0.1) is 0 Å². The first-order valence-corrected chi connectivity index (χ1v) is 8.41. The van der Waals surface area contributed by atoms with Gasteiger partial charge in [-0.3, -0.25) is 0 Å². The Labute approximate surface area is 113 Å². The zero-order valence-corrected chi connectivity index (χ0v) is 11.9. The molecule has 0 aromatic carbocycles. The van der Waals surface area contributed by atoms with Crippen LogP contribution in [-0.2, 0) is 16.3 Å². The van der Waals surface area contributed by atoms with Gasteiger partial charge in [0.2, 0.25) is 0 Å². The molecule has 1 fully saturated rings. The molecule has 0 amide bonds. The minimum absolute atomic E-state index is 0.0810. The maximum Gasteiger partial charge on any atom is 0.152 e. The molecule has 1 aromatic heterocycles. The van der Waals surface area contributed by atoms with Crippen LogP contribution in [0.1, 0.15) is 32.0 Å². The van der Waals surface area contributed by atoms with Crippen molar-refractivity contribution in [3.8, 4) is 0 Å². The maximum absolute atomic E-state index is 11.6. The zero-order chi connectivity index (χ0) is 13.9. The van der Waals surface area contributed by atoms with Crippen LogP contribution in [0.2, 0.25) is 0 Å². The Morgan fingerprint density at radius 3 is 2.95 bits per heavy atom. The van der Waals surface area contributed by atoms with Crippen LogP contribution < -0.4 is 11.1 Å². The van der Waals surface area contributed by atoms with Crippen LogP contribution in [0.4, 0.5) is 11.6 Å². The Balaban J connectivity index is 2.10. The predicted molar refractivity (Wildman–Crippen MR) is 75.7 cm³/mol. The molecule has 1 unspecified atom stereocenters. The molecular weight excluding hydrogens is 264 g/mol. The van der Waals surface area contributed by atoms with Gasteiger partial charge in [-0.2, -0.15) is 0 Å². The van der Waals surface area contributed by atoms with E-state index in [0.29, 0.717) is 23.9 Å². The van der Waals surface area contributed by atoms with Crippen molar-refractivity contribution < 1.29 is 8.42 Å².